The van der Waals surface area contributed by atoms with E-state index >= 15 is 0 Å². The van der Waals surface area contributed by atoms with Gasteiger partial charge in [-0.15, -0.1) is 0 Å². The number of aromatic nitrogens is 1. The van der Waals surface area contributed by atoms with E-state index in [4.69, 9.17) is 15.3 Å². The zero-order valence-electron chi connectivity index (χ0n) is 15.0. The minimum atomic E-state index is -1.35. The lowest BCUT2D eigenvalue weighted by molar-refractivity contribution is -0.228. The molecule has 0 radical (unpaired) electrons. The Kier molecular flexibility index (Phi) is 5.22. The summed E-state index contributed by atoms with van der Waals surface area (Å²) in [4.78, 5) is 33.6. The van der Waals surface area contributed by atoms with Crippen LogP contribution in [0.1, 0.15) is 45.6 Å². The fourth-order valence-corrected chi connectivity index (χ4v) is 2.90. The van der Waals surface area contributed by atoms with Crippen LogP contribution in [0.4, 0.5) is 10.6 Å². The van der Waals surface area contributed by atoms with Crippen molar-refractivity contribution in [1.29, 1.82) is 0 Å². The van der Waals surface area contributed by atoms with Crippen LogP contribution >= 0.6 is 0 Å². The molecule has 138 valence electrons. The van der Waals surface area contributed by atoms with E-state index in [0.717, 1.165) is 18.4 Å². The summed E-state index contributed by atoms with van der Waals surface area (Å²) >= 11 is 0. The molecule has 1 aliphatic rings. The number of carboxylic acid groups (broad SMARTS) is 1. The first kappa shape index (κ1) is 19.0. The summed E-state index contributed by atoms with van der Waals surface area (Å²) in [5, 5.41) is 10.2. The Hall–Kier alpha value is -2.35. The summed E-state index contributed by atoms with van der Waals surface area (Å²) in [6.45, 7) is 5.13. The highest BCUT2D eigenvalue weighted by Crippen LogP contribution is 2.53. The van der Waals surface area contributed by atoms with E-state index in [-0.39, 0.29) is 6.42 Å². The smallest absolute Gasteiger partial charge is 0.432 e. The molecule has 1 saturated carbocycles. The molecular weight excluding hydrogens is 326 g/mol. The van der Waals surface area contributed by atoms with Gasteiger partial charge in [0.05, 0.1) is 12.7 Å². The Morgan fingerprint density at radius 1 is 1.44 bits per heavy atom. The molecule has 1 aromatic heterocycles. The maximum Gasteiger partial charge on any atom is 0.432 e. The first-order valence-electron chi connectivity index (χ1n) is 8.10. The van der Waals surface area contributed by atoms with Crippen molar-refractivity contribution in [2.45, 2.75) is 57.1 Å². The van der Waals surface area contributed by atoms with Crippen molar-refractivity contribution < 1.29 is 24.3 Å². The van der Waals surface area contributed by atoms with Crippen LogP contribution < -0.4 is 5.73 Å². The molecule has 1 aliphatic carbocycles. The van der Waals surface area contributed by atoms with E-state index in [1.54, 1.807) is 33.0 Å². The van der Waals surface area contributed by atoms with E-state index in [1.807, 2.05) is 6.07 Å². The van der Waals surface area contributed by atoms with Crippen LogP contribution in [-0.4, -0.2) is 46.0 Å². The molecule has 1 fully saturated rings. The van der Waals surface area contributed by atoms with Gasteiger partial charge in [0.1, 0.15) is 5.82 Å². The van der Waals surface area contributed by atoms with Crippen molar-refractivity contribution in [2.75, 3.05) is 12.8 Å². The molecule has 0 aromatic carbocycles. The molecule has 0 bridgehead atoms. The fraction of sp³-hybridized carbons (Fsp3) is 0.588. The number of esters is 1. The second kappa shape index (κ2) is 6.87. The summed E-state index contributed by atoms with van der Waals surface area (Å²) in [6, 6.07) is 2.54. The minimum Gasteiger partial charge on any atom is -0.467 e. The Bertz CT molecular complexity index is 652. The zero-order valence-corrected chi connectivity index (χ0v) is 15.0. The summed E-state index contributed by atoms with van der Waals surface area (Å²) in [5.74, 6) is -0.275. The highest BCUT2D eigenvalue weighted by atomic mass is 16.7. The van der Waals surface area contributed by atoms with Gasteiger partial charge in [0, 0.05) is 17.2 Å². The van der Waals surface area contributed by atoms with Crippen molar-refractivity contribution in [2.24, 2.45) is 0 Å². The van der Waals surface area contributed by atoms with Crippen LogP contribution in [0, 0.1) is 0 Å². The maximum absolute atomic E-state index is 12.3. The maximum atomic E-state index is 12.3. The monoisotopic (exact) mass is 351 g/mol. The number of nitrogens with zero attached hydrogens (tertiary/aromatic N) is 2. The third kappa shape index (κ3) is 4.39. The van der Waals surface area contributed by atoms with E-state index < -0.39 is 29.1 Å². The van der Waals surface area contributed by atoms with Crippen LogP contribution in [0.5, 0.6) is 0 Å². The standard InChI is InChI=1S/C17H25N3O5/c1-16(2,3)25-20(15(22)23)12(14(21)24-4)10-17(7-8-17)11-6-5-9-19-13(11)18/h5-6,9,12H,7-8,10H2,1-4H3,(H2,18,19)(H,22,23). The van der Waals surface area contributed by atoms with Crippen molar-refractivity contribution in [1.82, 2.24) is 10.0 Å². The van der Waals surface area contributed by atoms with Crippen molar-refractivity contribution in [3.05, 3.63) is 23.9 Å². The molecule has 8 nitrogen and oxygen atoms in total. The van der Waals surface area contributed by atoms with E-state index in [2.05, 4.69) is 4.98 Å². The number of carbonyl (C=O) groups excluding carboxylic acids is 1. The fourth-order valence-electron chi connectivity index (χ4n) is 2.90. The topological polar surface area (TPSA) is 115 Å². The van der Waals surface area contributed by atoms with Gasteiger partial charge < -0.3 is 15.6 Å². The molecule has 0 saturated heterocycles. The number of pyridine rings is 1. The Labute approximate surface area is 146 Å². The minimum absolute atomic E-state index is 0.220. The summed E-state index contributed by atoms with van der Waals surface area (Å²) < 4.78 is 4.83. The Morgan fingerprint density at radius 2 is 2.08 bits per heavy atom. The molecule has 0 spiro atoms. The average molecular weight is 351 g/mol. The third-order valence-corrected chi connectivity index (χ3v) is 4.16. The molecule has 1 atom stereocenters. The van der Waals surface area contributed by atoms with Crippen molar-refractivity contribution >= 4 is 17.9 Å². The van der Waals surface area contributed by atoms with Crippen LogP contribution in [-0.2, 0) is 19.8 Å². The highest BCUT2D eigenvalue weighted by molar-refractivity contribution is 5.80. The first-order chi connectivity index (χ1) is 11.6. The number of rotatable bonds is 6. The number of hydrogen-bond acceptors (Lipinski definition) is 6. The quantitative estimate of drug-likeness (QED) is 0.597. The zero-order chi connectivity index (χ0) is 18.8. The summed E-state index contributed by atoms with van der Waals surface area (Å²) in [7, 11) is 1.23. The van der Waals surface area contributed by atoms with Crippen LogP contribution in [0.3, 0.4) is 0 Å². The first-order valence-corrected chi connectivity index (χ1v) is 8.10. The molecule has 3 N–H and O–H groups in total. The number of carbonyl (C=O) groups is 2. The number of hydroxylamine groups is 2. The predicted molar refractivity (Wildman–Crippen MR) is 90.7 cm³/mol. The molecule has 2 rings (SSSR count). The van der Waals surface area contributed by atoms with Gasteiger partial charge in [0.15, 0.2) is 6.04 Å². The molecule has 1 aromatic rings. The second-order valence-corrected chi connectivity index (χ2v) is 7.27. The highest BCUT2D eigenvalue weighted by Gasteiger charge is 2.51. The lowest BCUT2D eigenvalue weighted by atomic mass is 9.89. The van der Waals surface area contributed by atoms with E-state index in [1.165, 1.54) is 7.11 Å². The molecule has 25 heavy (non-hydrogen) atoms. The third-order valence-electron chi connectivity index (χ3n) is 4.16. The van der Waals surface area contributed by atoms with Crippen LogP contribution in [0.2, 0.25) is 0 Å². The van der Waals surface area contributed by atoms with Crippen molar-refractivity contribution in [3.8, 4) is 0 Å². The van der Waals surface area contributed by atoms with E-state index in [0.29, 0.717) is 10.9 Å². The second-order valence-electron chi connectivity index (χ2n) is 7.27. The van der Waals surface area contributed by atoms with Gasteiger partial charge in [-0.2, -0.15) is 5.06 Å². The number of nitrogens with two attached hydrogens (primary N) is 1. The van der Waals surface area contributed by atoms with Crippen molar-refractivity contribution in [3.63, 3.8) is 0 Å². The number of nitrogen functional groups attached to an aromatic ring is 1. The van der Waals surface area contributed by atoms with E-state index in [9.17, 15) is 14.7 Å². The average Bonchev–Trinajstić information content (AvgIpc) is 3.30. The number of amides is 1. The normalized spacial score (nSPS) is 16.8. The van der Waals surface area contributed by atoms with Gasteiger partial charge in [-0.1, -0.05) is 6.07 Å². The predicted octanol–water partition coefficient (Wildman–Crippen LogP) is 2.34. The lowest BCUT2D eigenvalue weighted by Crippen LogP contribution is -2.49. The van der Waals surface area contributed by atoms with Gasteiger partial charge in [-0.05, 0) is 46.1 Å². The number of anilines is 1. The number of hydrogen-bond donors (Lipinski definition) is 2. The van der Waals surface area contributed by atoms with Crippen LogP contribution in [0.15, 0.2) is 18.3 Å². The molecule has 8 heteroatoms. The SMILES string of the molecule is COC(=O)C(CC1(c2cccnc2N)CC1)N(OC(C)(C)C)C(=O)O. The molecule has 1 amide bonds. The van der Waals surface area contributed by atoms with Gasteiger partial charge >= 0.3 is 12.1 Å². The summed E-state index contributed by atoms with van der Waals surface area (Å²) in [5.41, 5.74) is 5.62. The van der Waals surface area contributed by atoms with Crippen LogP contribution in [0.25, 0.3) is 0 Å². The Balaban J connectivity index is 2.33. The molecular formula is C17H25N3O5. The molecule has 0 aliphatic heterocycles. The molecule has 1 heterocycles. The largest absolute Gasteiger partial charge is 0.467 e. The van der Waals surface area contributed by atoms with Gasteiger partial charge in [0.2, 0.25) is 0 Å². The number of methoxy groups -OCH3 is 1. The van der Waals surface area contributed by atoms with Gasteiger partial charge in [-0.3, -0.25) is 4.84 Å². The molecule has 1 unspecified atom stereocenters. The number of ether oxygens (including phenoxy) is 1. The Morgan fingerprint density at radius 3 is 2.52 bits per heavy atom. The van der Waals surface area contributed by atoms with Gasteiger partial charge in [-0.25, -0.2) is 14.6 Å². The lowest BCUT2D eigenvalue weighted by Gasteiger charge is -2.34. The van der Waals surface area contributed by atoms with Gasteiger partial charge in [0.25, 0.3) is 0 Å². The summed E-state index contributed by atoms with van der Waals surface area (Å²) in [6.07, 6.45) is 2.05.